The third kappa shape index (κ3) is 3.78. The van der Waals surface area contributed by atoms with Crippen molar-refractivity contribution in [3.63, 3.8) is 0 Å². The molecule has 3 heteroatoms. The second-order valence-corrected chi connectivity index (χ2v) is 5.88. The van der Waals surface area contributed by atoms with Crippen molar-refractivity contribution in [2.24, 2.45) is 0 Å². The maximum absolute atomic E-state index is 6.07. The van der Waals surface area contributed by atoms with Crippen molar-refractivity contribution in [2.45, 2.75) is 43.5 Å². The van der Waals surface area contributed by atoms with E-state index < -0.39 is 0 Å². The summed E-state index contributed by atoms with van der Waals surface area (Å²) in [4.78, 5) is 1.48. The Bertz CT molecular complexity index is 265. The molecule has 0 aromatic carbocycles. The van der Waals surface area contributed by atoms with Crippen molar-refractivity contribution in [3.8, 4) is 0 Å². The molecule has 0 unspecified atom stereocenters. The molecule has 1 aromatic rings. The van der Waals surface area contributed by atoms with Crippen molar-refractivity contribution in [1.29, 1.82) is 0 Å². The smallest absolute Gasteiger partial charge is 0.0337 e. The summed E-state index contributed by atoms with van der Waals surface area (Å²) in [6.07, 6.45) is 6.02. The van der Waals surface area contributed by atoms with Gasteiger partial charge in [0.25, 0.3) is 0 Å². The molecule has 1 fully saturated rings. The number of thiophene rings is 1. The van der Waals surface area contributed by atoms with Gasteiger partial charge in [0, 0.05) is 22.8 Å². The van der Waals surface area contributed by atoms with Crippen LogP contribution in [0.2, 0.25) is 0 Å². The molecule has 0 aliphatic heterocycles. The van der Waals surface area contributed by atoms with Crippen LogP contribution < -0.4 is 5.32 Å². The Morgan fingerprint density at radius 1 is 1.33 bits per heavy atom. The minimum atomic E-state index is 0.431. The van der Waals surface area contributed by atoms with E-state index in [0.717, 1.165) is 6.54 Å². The van der Waals surface area contributed by atoms with Crippen LogP contribution in [0.5, 0.6) is 0 Å². The first-order chi connectivity index (χ1) is 7.34. The lowest BCUT2D eigenvalue weighted by atomic mass is 9.95. The lowest BCUT2D eigenvalue weighted by Crippen LogP contribution is -2.34. The Labute approximate surface area is 101 Å². The van der Waals surface area contributed by atoms with Gasteiger partial charge in [-0.15, -0.1) is 22.9 Å². The summed E-state index contributed by atoms with van der Waals surface area (Å²) in [6.45, 7) is 1.11. The number of hydrogen-bond acceptors (Lipinski definition) is 2. The zero-order valence-electron chi connectivity index (χ0n) is 8.92. The van der Waals surface area contributed by atoms with E-state index in [2.05, 4.69) is 22.8 Å². The second-order valence-electron chi connectivity index (χ2n) is 4.23. The highest BCUT2D eigenvalue weighted by atomic mass is 35.5. The van der Waals surface area contributed by atoms with Gasteiger partial charge < -0.3 is 5.32 Å². The molecule has 1 N–H and O–H groups in total. The number of halogens is 1. The fourth-order valence-corrected chi connectivity index (χ4v) is 3.07. The molecular weight excluding hydrogens is 226 g/mol. The van der Waals surface area contributed by atoms with Gasteiger partial charge in [0.05, 0.1) is 0 Å². The van der Waals surface area contributed by atoms with Crippen LogP contribution in [0.3, 0.4) is 0 Å². The highest BCUT2D eigenvalue weighted by Crippen LogP contribution is 2.22. The molecule has 0 amide bonds. The topological polar surface area (TPSA) is 12.0 Å². The number of hydrogen-bond donors (Lipinski definition) is 1. The third-order valence-corrected chi connectivity index (χ3v) is 4.41. The van der Waals surface area contributed by atoms with Gasteiger partial charge in [-0.05, 0) is 43.6 Å². The zero-order valence-corrected chi connectivity index (χ0v) is 10.5. The van der Waals surface area contributed by atoms with Gasteiger partial charge in [0.15, 0.2) is 0 Å². The molecule has 1 nitrogen and oxygen atoms in total. The molecular formula is C12H18ClNS. The summed E-state index contributed by atoms with van der Waals surface area (Å²) in [5, 5.41) is 6.21. The highest BCUT2D eigenvalue weighted by Gasteiger charge is 2.18. The van der Waals surface area contributed by atoms with E-state index in [1.54, 1.807) is 0 Å². The summed E-state index contributed by atoms with van der Waals surface area (Å²) in [7, 11) is 0. The maximum atomic E-state index is 6.07. The van der Waals surface area contributed by atoms with Crippen LogP contribution in [0.1, 0.15) is 30.6 Å². The summed E-state index contributed by atoms with van der Waals surface area (Å²) in [6, 6.07) is 5.04. The quantitative estimate of drug-likeness (QED) is 0.799. The van der Waals surface area contributed by atoms with Crippen LogP contribution in [-0.2, 0) is 6.42 Å². The van der Waals surface area contributed by atoms with Crippen LogP contribution in [0.25, 0.3) is 0 Å². The highest BCUT2D eigenvalue weighted by molar-refractivity contribution is 7.09. The molecule has 1 aliphatic carbocycles. The molecule has 0 radical (unpaired) electrons. The largest absolute Gasteiger partial charge is 0.314 e. The Morgan fingerprint density at radius 3 is 2.80 bits per heavy atom. The van der Waals surface area contributed by atoms with E-state index in [-0.39, 0.29) is 0 Å². The molecule has 0 bridgehead atoms. The molecule has 0 spiro atoms. The lowest BCUT2D eigenvalue weighted by molar-refractivity contribution is 0.380. The number of alkyl halides is 1. The van der Waals surface area contributed by atoms with Crippen molar-refractivity contribution in [3.05, 3.63) is 22.4 Å². The molecule has 0 atom stereocenters. The van der Waals surface area contributed by atoms with Crippen LogP contribution >= 0.6 is 22.9 Å². The first-order valence-electron chi connectivity index (χ1n) is 5.74. The average Bonchev–Trinajstić information content (AvgIpc) is 2.74. The average molecular weight is 244 g/mol. The monoisotopic (exact) mass is 243 g/mol. The van der Waals surface area contributed by atoms with Crippen molar-refractivity contribution in [1.82, 2.24) is 5.32 Å². The summed E-state index contributed by atoms with van der Waals surface area (Å²) >= 11 is 7.92. The van der Waals surface area contributed by atoms with Gasteiger partial charge in [0.1, 0.15) is 0 Å². The maximum Gasteiger partial charge on any atom is 0.0337 e. The molecule has 84 valence electrons. The van der Waals surface area contributed by atoms with Crippen molar-refractivity contribution >= 4 is 22.9 Å². The van der Waals surface area contributed by atoms with E-state index >= 15 is 0 Å². The molecule has 1 saturated carbocycles. The van der Waals surface area contributed by atoms with E-state index in [0.29, 0.717) is 11.4 Å². The summed E-state index contributed by atoms with van der Waals surface area (Å²) < 4.78 is 0. The van der Waals surface area contributed by atoms with E-state index in [9.17, 15) is 0 Å². The normalized spacial score (nSPS) is 26.7. The SMILES string of the molecule is ClC1CCC(NCCc2cccs2)CC1. The Balaban J connectivity index is 1.62. The van der Waals surface area contributed by atoms with Crippen LogP contribution in [0, 0.1) is 0 Å². The molecule has 15 heavy (non-hydrogen) atoms. The van der Waals surface area contributed by atoms with E-state index in [4.69, 9.17) is 11.6 Å². The minimum absolute atomic E-state index is 0.431. The first-order valence-corrected chi connectivity index (χ1v) is 7.06. The Hall–Kier alpha value is -0.0500. The number of rotatable bonds is 4. The van der Waals surface area contributed by atoms with Gasteiger partial charge >= 0.3 is 0 Å². The van der Waals surface area contributed by atoms with Crippen molar-refractivity contribution in [2.75, 3.05) is 6.54 Å². The number of nitrogens with one attached hydrogen (secondary N) is 1. The van der Waals surface area contributed by atoms with Gasteiger partial charge in [-0.2, -0.15) is 0 Å². The Morgan fingerprint density at radius 2 is 2.13 bits per heavy atom. The fourth-order valence-electron chi connectivity index (χ4n) is 2.11. The van der Waals surface area contributed by atoms with Crippen LogP contribution in [0.4, 0.5) is 0 Å². The standard InChI is InChI=1S/C12H18ClNS/c13-10-3-5-11(6-4-10)14-8-7-12-2-1-9-15-12/h1-2,9-11,14H,3-8H2. The Kier molecular flexibility index (Phi) is 4.48. The van der Waals surface area contributed by atoms with Gasteiger partial charge in [-0.25, -0.2) is 0 Å². The first kappa shape index (κ1) is 11.4. The molecule has 1 aromatic heterocycles. The predicted molar refractivity (Wildman–Crippen MR) is 67.9 cm³/mol. The van der Waals surface area contributed by atoms with Crippen LogP contribution in [0.15, 0.2) is 17.5 Å². The van der Waals surface area contributed by atoms with Gasteiger partial charge in [0.2, 0.25) is 0 Å². The summed E-state index contributed by atoms with van der Waals surface area (Å²) in [5.41, 5.74) is 0. The van der Waals surface area contributed by atoms with Gasteiger partial charge in [-0.3, -0.25) is 0 Å². The molecule has 1 aliphatic rings. The third-order valence-electron chi connectivity index (χ3n) is 3.04. The second kappa shape index (κ2) is 5.88. The van der Waals surface area contributed by atoms with Crippen LogP contribution in [-0.4, -0.2) is 18.0 Å². The lowest BCUT2D eigenvalue weighted by Gasteiger charge is -2.25. The zero-order chi connectivity index (χ0) is 10.5. The van der Waals surface area contributed by atoms with E-state index in [1.165, 1.54) is 37.0 Å². The van der Waals surface area contributed by atoms with Crippen molar-refractivity contribution < 1.29 is 0 Å². The fraction of sp³-hybridized carbons (Fsp3) is 0.667. The predicted octanol–water partition coefficient (Wildman–Crippen LogP) is 3.43. The van der Waals surface area contributed by atoms with Gasteiger partial charge in [-0.1, -0.05) is 6.07 Å². The molecule has 1 heterocycles. The molecule has 2 rings (SSSR count). The summed E-state index contributed by atoms with van der Waals surface area (Å²) in [5.74, 6) is 0. The van der Waals surface area contributed by atoms with E-state index in [1.807, 2.05) is 11.3 Å². The minimum Gasteiger partial charge on any atom is -0.314 e. The molecule has 0 saturated heterocycles.